The lowest BCUT2D eigenvalue weighted by Gasteiger charge is -2.24. The molecule has 0 aliphatic carbocycles. The lowest BCUT2D eigenvalue weighted by atomic mass is 10.1. The largest absolute Gasteiger partial charge is 0.372 e. The summed E-state index contributed by atoms with van der Waals surface area (Å²) in [7, 11) is 1.81. The molecule has 1 atom stereocenters. The number of nitrogens with zero attached hydrogens (tertiary/aromatic N) is 4. The molecule has 0 spiro atoms. The van der Waals surface area contributed by atoms with Gasteiger partial charge in [0.25, 0.3) is 5.91 Å². The van der Waals surface area contributed by atoms with Crippen molar-refractivity contribution in [2.24, 2.45) is 0 Å². The first-order chi connectivity index (χ1) is 10.2. The van der Waals surface area contributed by atoms with Gasteiger partial charge in [-0.2, -0.15) is 0 Å². The fraction of sp³-hybridized carbons (Fsp3) is 0.429. The van der Waals surface area contributed by atoms with E-state index in [0.717, 1.165) is 41.5 Å². The Kier molecular flexibility index (Phi) is 3.83. The maximum absolute atomic E-state index is 12.7. The summed E-state index contributed by atoms with van der Waals surface area (Å²) in [6, 6.07) is -0.000185. The average Bonchev–Trinajstić information content (AvgIpc) is 3.15. The summed E-state index contributed by atoms with van der Waals surface area (Å²) in [4.78, 5) is 28.2. The number of hydrogen-bond acceptors (Lipinski definition) is 6. The number of thiazole rings is 1. The van der Waals surface area contributed by atoms with Crippen molar-refractivity contribution in [3.8, 4) is 0 Å². The van der Waals surface area contributed by atoms with Crippen molar-refractivity contribution in [2.45, 2.75) is 25.8 Å². The second-order valence-corrected chi connectivity index (χ2v) is 5.86. The van der Waals surface area contributed by atoms with Gasteiger partial charge in [-0.05, 0) is 19.8 Å². The molecule has 21 heavy (non-hydrogen) atoms. The van der Waals surface area contributed by atoms with Crippen molar-refractivity contribution >= 4 is 23.1 Å². The Labute approximate surface area is 127 Å². The van der Waals surface area contributed by atoms with Gasteiger partial charge in [-0.3, -0.25) is 9.78 Å². The van der Waals surface area contributed by atoms with Crippen LogP contribution in [0, 0.1) is 6.92 Å². The zero-order valence-corrected chi connectivity index (χ0v) is 12.9. The highest BCUT2D eigenvalue weighted by Gasteiger charge is 2.33. The molecule has 0 saturated carbocycles. The molecule has 1 amide bonds. The number of aryl methyl sites for hydroxylation is 1. The van der Waals surface area contributed by atoms with Crippen molar-refractivity contribution in [1.29, 1.82) is 0 Å². The number of nitrogens with one attached hydrogen (secondary N) is 1. The van der Waals surface area contributed by atoms with Crippen LogP contribution in [0.5, 0.6) is 0 Å². The van der Waals surface area contributed by atoms with Gasteiger partial charge in [0.2, 0.25) is 0 Å². The van der Waals surface area contributed by atoms with Crippen LogP contribution in [-0.2, 0) is 0 Å². The van der Waals surface area contributed by atoms with Gasteiger partial charge in [0, 0.05) is 13.6 Å². The highest BCUT2D eigenvalue weighted by atomic mass is 32.1. The second kappa shape index (κ2) is 5.77. The Morgan fingerprint density at radius 3 is 3.05 bits per heavy atom. The number of likely N-dealkylation sites (tertiary alicyclic amines) is 1. The van der Waals surface area contributed by atoms with Crippen LogP contribution in [-0.4, -0.2) is 39.4 Å². The Morgan fingerprint density at radius 2 is 2.33 bits per heavy atom. The van der Waals surface area contributed by atoms with Crippen molar-refractivity contribution in [3.05, 3.63) is 34.2 Å². The first-order valence-corrected chi connectivity index (χ1v) is 7.79. The van der Waals surface area contributed by atoms with E-state index in [4.69, 9.17) is 0 Å². The zero-order chi connectivity index (χ0) is 14.8. The first-order valence-electron chi connectivity index (χ1n) is 6.91. The van der Waals surface area contributed by atoms with Gasteiger partial charge >= 0.3 is 0 Å². The number of aromatic nitrogens is 3. The quantitative estimate of drug-likeness (QED) is 0.941. The molecule has 110 valence electrons. The van der Waals surface area contributed by atoms with Crippen molar-refractivity contribution in [3.63, 3.8) is 0 Å². The van der Waals surface area contributed by atoms with E-state index in [1.807, 2.05) is 18.9 Å². The fourth-order valence-electron chi connectivity index (χ4n) is 2.62. The van der Waals surface area contributed by atoms with E-state index in [-0.39, 0.29) is 11.9 Å². The molecule has 7 heteroatoms. The maximum atomic E-state index is 12.7. The van der Waals surface area contributed by atoms with Gasteiger partial charge in [0.05, 0.1) is 35.3 Å². The average molecular weight is 303 g/mol. The van der Waals surface area contributed by atoms with E-state index in [2.05, 4.69) is 20.3 Å². The molecule has 0 aromatic carbocycles. The fourth-order valence-corrected chi connectivity index (χ4v) is 3.37. The summed E-state index contributed by atoms with van der Waals surface area (Å²) in [5.41, 5.74) is 3.36. The lowest BCUT2D eigenvalue weighted by molar-refractivity contribution is 0.0736. The van der Waals surface area contributed by atoms with Gasteiger partial charge in [0.15, 0.2) is 0 Å². The number of carbonyl (C=O) groups is 1. The number of amides is 1. The van der Waals surface area contributed by atoms with Gasteiger partial charge in [0.1, 0.15) is 10.7 Å². The third-order valence-electron chi connectivity index (χ3n) is 3.70. The Bertz CT molecular complexity index is 656. The minimum atomic E-state index is -0.000185. The Balaban J connectivity index is 1.88. The smallest absolute Gasteiger partial charge is 0.266 e. The number of anilines is 1. The van der Waals surface area contributed by atoms with Gasteiger partial charge in [-0.25, -0.2) is 9.97 Å². The van der Waals surface area contributed by atoms with Crippen molar-refractivity contribution in [1.82, 2.24) is 19.9 Å². The summed E-state index contributed by atoms with van der Waals surface area (Å²) in [6.45, 7) is 2.63. The normalized spacial score (nSPS) is 18.0. The monoisotopic (exact) mass is 303 g/mol. The summed E-state index contributed by atoms with van der Waals surface area (Å²) >= 11 is 1.40. The molecule has 3 rings (SSSR count). The number of hydrogen-bond donors (Lipinski definition) is 1. The topological polar surface area (TPSA) is 71.0 Å². The van der Waals surface area contributed by atoms with E-state index < -0.39 is 0 Å². The van der Waals surface area contributed by atoms with Crippen LogP contribution < -0.4 is 5.32 Å². The lowest BCUT2D eigenvalue weighted by Crippen LogP contribution is -2.31. The Morgan fingerprint density at radius 1 is 1.48 bits per heavy atom. The van der Waals surface area contributed by atoms with E-state index in [0.29, 0.717) is 0 Å². The summed E-state index contributed by atoms with van der Waals surface area (Å²) < 4.78 is 0. The van der Waals surface area contributed by atoms with Crippen molar-refractivity contribution < 1.29 is 4.79 Å². The van der Waals surface area contributed by atoms with Gasteiger partial charge in [-0.15, -0.1) is 11.3 Å². The first kappa shape index (κ1) is 13.9. The predicted molar refractivity (Wildman–Crippen MR) is 81.4 cm³/mol. The molecule has 2 aromatic heterocycles. The van der Waals surface area contributed by atoms with Crippen LogP contribution in [0.3, 0.4) is 0 Å². The summed E-state index contributed by atoms with van der Waals surface area (Å²) in [5, 5.41) is 2.99. The number of rotatable bonds is 3. The van der Waals surface area contributed by atoms with E-state index in [1.165, 1.54) is 11.3 Å². The minimum Gasteiger partial charge on any atom is -0.372 e. The minimum absolute atomic E-state index is 0.000185. The highest BCUT2D eigenvalue weighted by Crippen LogP contribution is 2.33. The van der Waals surface area contributed by atoms with Crippen LogP contribution >= 0.6 is 11.3 Å². The number of carbonyl (C=O) groups excluding carboxylic acids is 1. The van der Waals surface area contributed by atoms with Gasteiger partial charge in [-0.1, -0.05) is 0 Å². The molecule has 0 bridgehead atoms. The molecule has 6 nitrogen and oxygen atoms in total. The summed E-state index contributed by atoms with van der Waals surface area (Å²) in [6.07, 6.45) is 5.33. The third-order valence-corrected chi connectivity index (χ3v) is 4.62. The molecule has 0 radical (unpaired) electrons. The second-order valence-electron chi connectivity index (χ2n) is 5.00. The molecule has 3 heterocycles. The van der Waals surface area contributed by atoms with Crippen LogP contribution in [0.25, 0.3) is 0 Å². The molecular formula is C14H17N5OS. The molecule has 1 N–H and O–H groups in total. The zero-order valence-electron chi connectivity index (χ0n) is 12.0. The standard InChI is InChI=1S/C14H17N5OS/c1-9-13(21-8-17-9)14(20)19-5-3-4-11(19)10-6-16-7-12(15-2)18-10/h6-8,11H,3-5H2,1-2H3,(H,15,18)/t11-/m1/s1. The molecule has 1 saturated heterocycles. The Hall–Kier alpha value is -2.02. The van der Waals surface area contributed by atoms with Crippen LogP contribution in [0.1, 0.15) is 39.9 Å². The maximum Gasteiger partial charge on any atom is 0.266 e. The van der Waals surface area contributed by atoms with Crippen molar-refractivity contribution in [2.75, 3.05) is 18.9 Å². The third kappa shape index (κ3) is 2.61. The van der Waals surface area contributed by atoms with Gasteiger partial charge < -0.3 is 10.2 Å². The summed E-state index contributed by atoms with van der Waals surface area (Å²) in [5.74, 6) is 0.773. The van der Waals surface area contributed by atoms with E-state index in [9.17, 15) is 4.79 Å². The predicted octanol–water partition coefficient (Wildman–Crippen LogP) is 2.26. The molecule has 2 aromatic rings. The molecule has 1 aliphatic rings. The van der Waals surface area contributed by atoms with Crippen LogP contribution in [0.2, 0.25) is 0 Å². The molecule has 0 unspecified atom stereocenters. The highest BCUT2D eigenvalue weighted by molar-refractivity contribution is 7.11. The van der Waals surface area contributed by atoms with Crippen LogP contribution in [0.15, 0.2) is 17.9 Å². The van der Waals surface area contributed by atoms with Crippen LogP contribution in [0.4, 0.5) is 5.82 Å². The van der Waals surface area contributed by atoms with E-state index >= 15 is 0 Å². The molecule has 1 aliphatic heterocycles. The molecule has 1 fully saturated rings. The van der Waals surface area contributed by atoms with E-state index in [1.54, 1.807) is 17.9 Å². The SMILES string of the molecule is CNc1cncc([C@H]2CCCN2C(=O)c2scnc2C)n1. The molecular weight excluding hydrogens is 286 g/mol.